The lowest BCUT2D eigenvalue weighted by Gasteiger charge is -2.16. The maximum atomic E-state index is 13.0. The molecule has 22 heavy (non-hydrogen) atoms. The van der Waals surface area contributed by atoms with Crippen LogP contribution in [-0.4, -0.2) is 19.7 Å². The molecule has 0 saturated carbocycles. The molecule has 0 aliphatic carbocycles. The van der Waals surface area contributed by atoms with Gasteiger partial charge in [0.05, 0.1) is 44.6 Å². The van der Waals surface area contributed by atoms with Crippen molar-refractivity contribution in [3.05, 3.63) is 50.2 Å². The third-order valence-electron chi connectivity index (χ3n) is 3.40. The van der Waals surface area contributed by atoms with Crippen LogP contribution in [0.15, 0.2) is 23.1 Å². The van der Waals surface area contributed by atoms with Gasteiger partial charge in [-0.05, 0) is 26.0 Å². The van der Waals surface area contributed by atoms with Crippen LogP contribution in [0.5, 0.6) is 0 Å². The maximum absolute atomic E-state index is 13.0. The van der Waals surface area contributed by atoms with Gasteiger partial charge in [-0.3, -0.25) is 14.5 Å². The van der Waals surface area contributed by atoms with Crippen molar-refractivity contribution in [3.63, 3.8) is 0 Å². The van der Waals surface area contributed by atoms with E-state index in [0.717, 1.165) is 5.69 Å². The summed E-state index contributed by atoms with van der Waals surface area (Å²) in [6.07, 6.45) is 1.55. The molecule has 1 aromatic carbocycles. The van der Waals surface area contributed by atoms with Crippen molar-refractivity contribution in [3.8, 4) is 5.69 Å². The molecule has 0 fully saturated rings. The first kappa shape index (κ1) is 15.0. The second-order valence-electron chi connectivity index (χ2n) is 5.03. The number of aromatic nitrogens is 4. The Kier molecular flexibility index (Phi) is 3.68. The number of hydrogen-bond acceptors (Lipinski definition) is 4. The minimum Gasteiger partial charge on any atom is -0.322 e. The lowest BCUT2D eigenvalue weighted by atomic mass is 10.2. The maximum Gasteiger partial charge on any atom is 0.267 e. The van der Waals surface area contributed by atoms with Gasteiger partial charge in [-0.1, -0.05) is 23.2 Å². The van der Waals surface area contributed by atoms with Crippen molar-refractivity contribution < 1.29 is 0 Å². The van der Waals surface area contributed by atoms with Gasteiger partial charge in [0.2, 0.25) is 0 Å². The number of aryl methyl sites for hydroxylation is 1. The molecule has 3 rings (SSSR count). The zero-order valence-corrected chi connectivity index (χ0v) is 13.4. The third kappa shape index (κ3) is 2.20. The molecule has 2 aromatic heterocycles. The standard InChI is InChI=1S/C14H13Cl2N5O/c1-6(17)13-19-12-9(16)4-3-8(15)11(12)14(22)21(13)10-5-18-20-7(10)2/h3-6H,17H2,1-2H3,(H,18,20)/t6-/m0/s1. The lowest BCUT2D eigenvalue weighted by Crippen LogP contribution is -2.28. The molecule has 3 aromatic rings. The molecular weight excluding hydrogens is 325 g/mol. The molecular formula is C14H13Cl2N5O. The number of nitrogens with zero attached hydrogens (tertiary/aromatic N) is 3. The number of benzene rings is 1. The average Bonchev–Trinajstić information content (AvgIpc) is 2.88. The molecule has 6 nitrogen and oxygen atoms in total. The highest BCUT2D eigenvalue weighted by Crippen LogP contribution is 2.28. The summed E-state index contributed by atoms with van der Waals surface area (Å²) in [5.74, 6) is 0.395. The van der Waals surface area contributed by atoms with Crippen molar-refractivity contribution in [2.24, 2.45) is 5.73 Å². The molecule has 0 amide bonds. The SMILES string of the molecule is Cc1[nH]ncc1-n1c([C@H](C)N)nc2c(Cl)ccc(Cl)c2c1=O. The molecule has 3 N–H and O–H groups in total. The average molecular weight is 338 g/mol. The quantitative estimate of drug-likeness (QED) is 0.752. The number of rotatable bonds is 2. The van der Waals surface area contributed by atoms with Gasteiger partial charge in [-0.15, -0.1) is 0 Å². The number of nitrogens with one attached hydrogen (secondary N) is 1. The molecule has 0 unspecified atom stereocenters. The molecule has 0 saturated heterocycles. The van der Waals surface area contributed by atoms with Crippen LogP contribution in [0, 0.1) is 6.92 Å². The summed E-state index contributed by atoms with van der Waals surface area (Å²) in [6, 6.07) is 2.71. The topological polar surface area (TPSA) is 89.6 Å². The summed E-state index contributed by atoms with van der Waals surface area (Å²) in [6.45, 7) is 3.56. The Morgan fingerprint density at radius 2 is 2.00 bits per heavy atom. The van der Waals surface area contributed by atoms with Crippen LogP contribution in [0.25, 0.3) is 16.6 Å². The Morgan fingerprint density at radius 1 is 1.32 bits per heavy atom. The highest BCUT2D eigenvalue weighted by molar-refractivity contribution is 6.39. The fourth-order valence-corrected chi connectivity index (χ4v) is 2.78. The van der Waals surface area contributed by atoms with Crippen molar-refractivity contribution in [1.82, 2.24) is 19.7 Å². The molecule has 0 aliphatic rings. The lowest BCUT2D eigenvalue weighted by molar-refractivity contribution is 0.695. The minimum atomic E-state index is -0.471. The van der Waals surface area contributed by atoms with E-state index >= 15 is 0 Å². The number of aromatic amines is 1. The monoisotopic (exact) mass is 337 g/mol. The van der Waals surface area contributed by atoms with Gasteiger partial charge in [0.25, 0.3) is 5.56 Å². The molecule has 0 aliphatic heterocycles. The number of nitrogens with two attached hydrogens (primary N) is 1. The number of H-pyrrole nitrogens is 1. The van der Waals surface area contributed by atoms with Gasteiger partial charge in [-0.25, -0.2) is 4.98 Å². The minimum absolute atomic E-state index is 0.263. The smallest absolute Gasteiger partial charge is 0.267 e. The summed E-state index contributed by atoms with van der Waals surface area (Å²) in [5.41, 5.74) is 7.33. The molecule has 1 atom stereocenters. The van der Waals surface area contributed by atoms with E-state index in [9.17, 15) is 4.79 Å². The Balaban J connectivity index is 2.53. The Morgan fingerprint density at radius 3 is 2.59 bits per heavy atom. The zero-order valence-electron chi connectivity index (χ0n) is 11.9. The van der Waals surface area contributed by atoms with E-state index in [1.54, 1.807) is 25.3 Å². The third-order valence-corrected chi connectivity index (χ3v) is 4.02. The zero-order chi connectivity index (χ0) is 16.0. The molecule has 0 radical (unpaired) electrons. The largest absolute Gasteiger partial charge is 0.322 e. The molecule has 2 heterocycles. The number of halogens is 2. The summed E-state index contributed by atoms with van der Waals surface area (Å²) < 4.78 is 1.42. The van der Waals surface area contributed by atoms with E-state index in [2.05, 4.69) is 15.2 Å². The summed E-state index contributed by atoms with van der Waals surface area (Å²) >= 11 is 12.3. The van der Waals surface area contributed by atoms with E-state index in [4.69, 9.17) is 28.9 Å². The van der Waals surface area contributed by atoms with Gasteiger partial charge in [0.15, 0.2) is 0 Å². The Hall–Kier alpha value is -1.89. The van der Waals surface area contributed by atoms with Crippen molar-refractivity contribution in [2.75, 3.05) is 0 Å². The van der Waals surface area contributed by atoms with Gasteiger partial charge < -0.3 is 5.73 Å². The van der Waals surface area contributed by atoms with E-state index in [1.807, 2.05) is 6.92 Å². The van der Waals surface area contributed by atoms with E-state index in [0.29, 0.717) is 27.1 Å². The Bertz CT molecular complexity index is 929. The molecule has 114 valence electrons. The van der Waals surface area contributed by atoms with Crippen molar-refractivity contribution in [2.45, 2.75) is 19.9 Å². The van der Waals surface area contributed by atoms with Crippen LogP contribution in [0.3, 0.4) is 0 Å². The first-order chi connectivity index (χ1) is 10.4. The second-order valence-corrected chi connectivity index (χ2v) is 5.85. The second kappa shape index (κ2) is 5.39. The predicted octanol–water partition coefficient (Wildman–Crippen LogP) is 2.74. The van der Waals surface area contributed by atoms with Gasteiger partial charge in [0.1, 0.15) is 5.82 Å². The van der Waals surface area contributed by atoms with Crippen LogP contribution >= 0.6 is 23.2 Å². The molecule has 0 spiro atoms. The van der Waals surface area contributed by atoms with Gasteiger partial charge in [-0.2, -0.15) is 5.10 Å². The highest BCUT2D eigenvalue weighted by Gasteiger charge is 2.20. The molecule has 0 bridgehead atoms. The summed E-state index contributed by atoms with van der Waals surface area (Å²) in [7, 11) is 0. The summed E-state index contributed by atoms with van der Waals surface area (Å²) in [5, 5.41) is 7.66. The van der Waals surface area contributed by atoms with Crippen LogP contribution in [0.4, 0.5) is 0 Å². The van der Waals surface area contributed by atoms with Crippen molar-refractivity contribution >= 4 is 34.1 Å². The highest BCUT2D eigenvalue weighted by atomic mass is 35.5. The molecule has 8 heteroatoms. The van der Waals surface area contributed by atoms with Crippen molar-refractivity contribution in [1.29, 1.82) is 0 Å². The van der Waals surface area contributed by atoms with Crippen LogP contribution in [-0.2, 0) is 0 Å². The summed E-state index contributed by atoms with van der Waals surface area (Å²) in [4.78, 5) is 17.4. The first-order valence-corrected chi connectivity index (χ1v) is 7.34. The van der Waals surface area contributed by atoms with Gasteiger partial charge >= 0.3 is 0 Å². The van der Waals surface area contributed by atoms with Crippen LogP contribution < -0.4 is 11.3 Å². The van der Waals surface area contributed by atoms with E-state index in [-0.39, 0.29) is 10.9 Å². The first-order valence-electron chi connectivity index (χ1n) is 6.58. The fraction of sp³-hybridized carbons (Fsp3) is 0.214. The fourth-order valence-electron chi connectivity index (χ4n) is 2.34. The van der Waals surface area contributed by atoms with Crippen LogP contribution in [0.1, 0.15) is 24.5 Å². The normalized spacial score (nSPS) is 12.8. The van der Waals surface area contributed by atoms with Crippen LogP contribution in [0.2, 0.25) is 10.0 Å². The van der Waals surface area contributed by atoms with E-state index in [1.165, 1.54) is 4.57 Å². The number of fused-ring (bicyclic) bond motifs is 1. The van der Waals surface area contributed by atoms with Gasteiger partial charge in [0, 0.05) is 0 Å². The Labute approximate surface area is 135 Å². The predicted molar refractivity (Wildman–Crippen MR) is 86.8 cm³/mol. The van der Waals surface area contributed by atoms with E-state index < -0.39 is 6.04 Å². The number of hydrogen-bond donors (Lipinski definition) is 2.